The second-order valence-electron chi connectivity index (χ2n) is 5.02. The summed E-state index contributed by atoms with van der Waals surface area (Å²) in [5.41, 5.74) is 5.99. The first-order valence-corrected chi connectivity index (χ1v) is 8.93. The Kier molecular flexibility index (Phi) is 7.30. The Bertz CT molecular complexity index is 802. The van der Waals surface area contributed by atoms with Gasteiger partial charge in [0, 0.05) is 23.6 Å². The topological polar surface area (TPSA) is 96.3 Å². The van der Waals surface area contributed by atoms with Crippen molar-refractivity contribution in [1.29, 1.82) is 0 Å². The summed E-state index contributed by atoms with van der Waals surface area (Å²) in [6.45, 7) is 0. The van der Waals surface area contributed by atoms with E-state index in [0.717, 1.165) is 0 Å². The van der Waals surface area contributed by atoms with Gasteiger partial charge in [0.15, 0.2) is 5.11 Å². The number of benzene rings is 2. The number of thiocarbonyl (C=S) groups is 1. The first-order chi connectivity index (χ1) is 12.5. The minimum atomic E-state index is -0.500. The lowest BCUT2D eigenvalue weighted by molar-refractivity contribution is -0.384. The molecule has 0 unspecified atom stereocenters. The summed E-state index contributed by atoms with van der Waals surface area (Å²) in [7, 11) is 0. The minimum Gasteiger partial charge on any atom is -0.331 e. The monoisotopic (exact) mass is 394 g/mol. The van der Waals surface area contributed by atoms with Gasteiger partial charge in [0.1, 0.15) is 5.82 Å². The summed E-state index contributed by atoms with van der Waals surface area (Å²) in [5, 5.41) is 13.5. The molecule has 10 heteroatoms. The fourth-order valence-electron chi connectivity index (χ4n) is 1.86. The van der Waals surface area contributed by atoms with Crippen molar-refractivity contribution in [3.8, 4) is 0 Å². The lowest BCUT2D eigenvalue weighted by Crippen LogP contribution is -2.44. The number of rotatable bonds is 6. The van der Waals surface area contributed by atoms with Crippen LogP contribution in [0.2, 0.25) is 0 Å². The number of nitro benzene ring substituents is 1. The van der Waals surface area contributed by atoms with Crippen LogP contribution in [0, 0.1) is 15.9 Å². The van der Waals surface area contributed by atoms with Crippen molar-refractivity contribution in [3.63, 3.8) is 0 Å². The summed E-state index contributed by atoms with van der Waals surface area (Å²) in [5.74, 6) is -0.112. The number of hydrazine groups is 1. The number of carbonyl (C=O) groups is 1. The summed E-state index contributed by atoms with van der Waals surface area (Å²) >= 11 is 6.29. The second kappa shape index (κ2) is 9.68. The van der Waals surface area contributed by atoms with E-state index in [4.69, 9.17) is 12.2 Å². The maximum absolute atomic E-state index is 13.5. The number of thioether (sulfide) groups is 1. The number of amides is 1. The van der Waals surface area contributed by atoms with Crippen LogP contribution in [0.25, 0.3) is 0 Å². The third-order valence-corrected chi connectivity index (χ3v) is 4.29. The summed E-state index contributed by atoms with van der Waals surface area (Å²) < 4.78 is 13.5. The maximum atomic E-state index is 13.5. The second-order valence-corrected chi connectivity index (χ2v) is 6.41. The fourth-order valence-corrected chi connectivity index (χ4v) is 2.84. The molecular weight excluding hydrogens is 379 g/mol. The molecule has 26 heavy (non-hydrogen) atoms. The lowest BCUT2D eigenvalue weighted by Gasteiger charge is -2.11. The smallest absolute Gasteiger partial charge is 0.269 e. The molecule has 7 nitrogen and oxygen atoms in total. The number of non-ortho nitro benzene ring substituents is 1. The van der Waals surface area contributed by atoms with Gasteiger partial charge < -0.3 is 5.32 Å². The number of carbonyl (C=O) groups excluding carboxylic acids is 1. The highest BCUT2D eigenvalue weighted by atomic mass is 32.2. The van der Waals surface area contributed by atoms with E-state index in [1.165, 1.54) is 42.1 Å². The van der Waals surface area contributed by atoms with Crippen molar-refractivity contribution in [2.45, 2.75) is 5.75 Å². The summed E-state index contributed by atoms with van der Waals surface area (Å²) in [4.78, 5) is 21.8. The van der Waals surface area contributed by atoms with Gasteiger partial charge in [-0.1, -0.05) is 18.2 Å². The van der Waals surface area contributed by atoms with E-state index < -0.39 is 4.92 Å². The van der Waals surface area contributed by atoms with Crippen LogP contribution in [-0.2, 0) is 10.5 Å². The molecule has 2 aromatic rings. The molecule has 3 N–H and O–H groups in total. The molecule has 136 valence electrons. The average Bonchev–Trinajstić information content (AvgIpc) is 2.62. The fraction of sp³-hybridized carbons (Fsp3) is 0.125. The number of nitrogens with zero attached hydrogens (tertiary/aromatic N) is 1. The third kappa shape index (κ3) is 6.30. The molecular formula is C16H15FN4O3S2. The van der Waals surface area contributed by atoms with Crippen molar-refractivity contribution >= 4 is 46.4 Å². The van der Waals surface area contributed by atoms with Crippen molar-refractivity contribution < 1.29 is 14.1 Å². The van der Waals surface area contributed by atoms with Crippen LogP contribution in [0.1, 0.15) is 5.56 Å². The highest BCUT2D eigenvalue weighted by Crippen LogP contribution is 2.16. The molecule has 1 amide bonds. The Morgan fingerprint density at radius 1 is 1.15 bits per heavy atom. The van der Waals surface area contributed by atoms with E-state index in [2.05, 4.69) is 16.2 Å². The van der Waals surface area contributed by atoms with Gasteiger partial charge in [-0.25, -0.2) is 4.39 Å². The van der Waals surface area contributed by atoms with Crippen LogP contribution >= 0.6 is 24.0 Å². The van der Waals surface area contributed by atoms with Crippen molar-refractivity contribution in [2.75, 3.05) is 11.1 Å². The molecule has 0 aliphatic heterocycles. The molecule has 0 saturated carbocycles. The van der Waals surface area contributed by atoms with Gasteiger partial charge >= 0.3 is 0 Å². The predicted molar refractivity (Wildman–Crippen MR) is 103 cm³/mol. The van der Waals surface area contributed by atoms with Crippen LogP contribution in [0.3, 0.4) is 0 Å². The van der Waals surface area contributed by atoms with Crippen molar-refractivity contribution in [1.82, 2.24) is 10.9 Å². The van der Waals surface area contributed by atoms with Crippen LogP contribution in [0.15, 0.2) is 48.5 Å². The van der Waals surface area contributed by atoms with Gasteiger partial charge in [0.2, 0.25) is 5.91 Å². The Labute approximate surface area is 158 Å². The minimum absolute atomic E-state index is 0.0328. The SMILES string of the molecule is O=C(CSCc1ccccc1F)NNC(=S)Nc1ccc([N+](=O)[O-])cc1. The normalized spacial score (nSPS) is 10.0. The van der Waals surface area contributed by atoms with Gasteiger partial charge in [-0.2, -0.15) is 0 Å². The first kappa shape index (κ1) is 19.6. The van der Waals surface area contributed by atoms with Gasteiger partial charge in [-0.15, -0.1) is 11.8 Å². The Balaban J connectivity index is 1.69. The Morgan fingerprint density at radius 2 is 1.85 bits per heavy atom. The molecule has 2 aromatic carbocycles. The number of nitrogens with one attached hydrogen (secondary N) is 3. The van der Waals surface area contributed by atoms with E-state index in [1.54, 1.807) is 18.2 Å². The van der Waals surface area contributed by atoms with E-state index >= 15 is 0 Å². The van der Waals surface area contributed by atoms with Gasteiger partial charge in [-0.05, 0) is 36.0 Å². The summed E-state index contributed by atoms with van der Waals surface area (Å²) in [6, 6.07) is 12.1. The van der Waals surface area contributed by atoms with Crippen LogP contribution < -0.4 is 16.2 Å². The molecule has 0 fully saturated rings. The van der Waals surface area contributed by atoms with Gasteiger partial charge in [0.25, 0.3) is 5.69 Å². The van der Waals surface area contributed by atoms with E-state index in [0.29, 0.717) is 17.0 Å². The molecule has 0 spiro atoms. The molecule has 0 saturated heterocycles. The standard InChI is InChI=1S/C16H15FN4O3S2/c17-14-4-2-1-3-11(14)9-26-10-15(22)19-20-16(25)18-12-5-7-13(8-6-12)21(23)24/h1-8H,9-10H2,(H,19,22)(H2,18,20,25). The molecule has 0 radical (unpaired) electrons. The Morgan fingerprint density at radius 3 is 2.50 bits per heavy atom. The molecule has 0 aromatic heterocycles. The van der Waals surface area contributed by atoms with Crippen LogP contribution in [0.4, 0.5) is 15.8 Å². The first-order valence-electron chi connectivity index (χ1n) is 7.37. The largest absolute Gasteiger partial charge is 0.331 e. The zero-order valence-corrected chi connectivity index (χ0v) is 15.0. The van der Waals surface area contributed by atoms with E-state index in [1.807, 2.05) is 0 Å². The zero-order chi connectivity index (χ0) is 18.9. The molecule has 2 rings (SSSR count). The molecule has 0 heterocycles. The number of hydrogen-bond donors (Lipinski definition) is 3. The highest BCUT2D eigenvalue weighted by Gasteiger charge is 2.07. The van der Waals surface area contributed by atoms with E-state index in [9.17, 15) is 19.3 Å². The average molecular weight is 394 g/mol. The van der Waals surface area contributed by atoms with Crippen molar-refractivity contribution in [2.24, 2.45) is 0 Å². The number of hydrogen-bond acceptors (Lipinski definition) is 5. The molecule has 0 aliphatic carbocycles. The van der Waals surface area contributed by atoms with Gasteiger partial charge in [-0.3, -0.25) is 25.8 Å². The Hall–Kier alpha value is -2.72. The van der Waals surface area contributed by atoms with E-state index in [-0.39, 0.29) is 28.3 Å². The quantitative estimate of drug-likeness (QED) is 0.394. The zero-order valence-electron chi connectivity index (χ0n) is 13.4. The predicted octanol–water partition coefficient (Wildman–Crippen LogP) is 2.98. The highest BCUT2D eigenvalue weighted by molar-refractivity contribution is 7.99. The molecule has 0 aliphatic rings. The number of anilines is 1. The van der Waals surface area contributed by atoms with Crippen molar-refractivity contribution in [3.05, 3.63) is 70.0 Å². The van der Waals surface area contributed by atoms with Gasteiger partial charge in [0.05, 0.1) is 10.7 Å². The number of nitro groups is 1. The summed E-state index contributed by atoms with van der Waals surface area (Å²) in [6.07, 6.45) is 0. The number of halogens is 1. The van der Waals surface area contributed by atoms with Crippen LogP contribution in [-0.4, -0.2) is 21.7 Å². The lowest BCUT2D eigenvalue weighted by atomic mass is 10.2. The van der Waals surface area contributed by atoms with Crippen LogP contribution in [0.5, 0.6) is 0 Å². The molecule has 0 bridgehead atoms. The maximum Gasteiger partial charge on any atom is 0.269 e. The molecule has 0 atom stereocenters. The third-order valence-electron chi connectivity index (χ3n) is 3.10.